The quantitative estimate of drug-likeness (QED) is 0.799. The van der Waals surface area contributed by atoms with E-state index in [-0.39, 0.29) is 11.3 Å². The number of benzene rings is 1. The van der Waals surface area contributed by atoms with Crippen LogP contribution >= 0.6 is 0 Å². The van der Waals surface area contributed by atoms with E-state index < -0.39 is 5.97 Å². The van der Waals surface area contributed by atoms with Crippen LogP contribution in [-0.2, 0) is 0 Å². The maximum atomic E-state index is 11.4. The van der Waals surface area contributed by atoms with Crippen LogP contribution in [0.25, 0.3) is 11.3 Å². The van der Waals surface area contributed by atoms with Gasteiger partial charge in [-0.2, -0.15) is 0 Å². The number of nitrogens with two attached hydrogens (primary N) is 1. The molecule has 20 heavy (non-hydrogen) atoms. The molecule has 0 aliphatic carbocycles. The molecule has 1 aromatic carbocycles. The van der Waals surface area contributed by atoms with Gasteiger partial charge in [0, 0.05) is 11.8 Å². The van der Waals surface area contributed by atoms with Crippen molar-refractivity contribution in [3.05, 3.63) is 35.5 Å². The van der Waals surface area contributed by atoms with Gasteiger partial charge in [-0.15, -0.1) is 0 Å². The summed E-state index contributed by atoms with van der Waals surface area (Å²) in [5.41, 5.74) is 8.27. The van der Waals surface area contributed by atoms with E-state index in [9.17, 15) is 9.90 Å². The number of carboxylic acids is 1. The Balaban J connectivity index is 2.67. The lowest BCUT2D eigenvalue weighted by Crippen LogP contribution is -2.02. The lowest BCUT2D eigenvalue weighted by molar-refractivity contribution is 0.0699. The predicted molar refractivity (Wildman–Crippen MR) is 78.2 cm³/mol. The number of anilines is 1. The fourth-order valence-electron chi connectivity index (χ4n) is 2.16. The summed E-state index contributed by atoms with van der Waals surface area (Å²) in [6, 6.07) is 5.74. The zero-order valence-electron chi connectivity index (χ0n) is 11.7. The van der Waals surface area contributed by atoms with E-state index in [0.717, 1.165) is 5.56 Å². The average molecular weight is 274 g/mol. The molecule has 1 aromatic heterocycles. The summed E-state index contributed by atoms with van der Waals surface area (Å²) in [6.07, 6.45) is 1.49. The van der Waals surface area contributed by atoms with E-state index >= 15 is 0 Å². The fraction of sp³-hybridized carbons (Fsp3) is 0.267. The van der Waals surface area contributed by atoms with Crippen molar-refractivity contribution < 1.29 is 14.6 Å². The number of nitrogens with one attached hydrogen (secondary N) is 1. The molecule has 5 nitrogen and oxygen atoms in total. The van der Waals surface area contributed by atoms with Crippen molar-refractivity contribution in [2.24, 2.45) is 0 Å². The highest BCUT2D eigenvalue weighted by Crippen LogP contribution is 2.36. The van der Waals surface area contributed by atoms with Crippen LogP contribution in [0.2, 0.25) is 0 Å². The summed E-state index contributed by atoms with van der Waals surface area (Å²) in [6.45, 7) is 4.15. The Labute approximate surface area is 117 Å². The number of carboxylic acid groups (broad SMARTS) is 1. The topological polar surface area (TPSA) is 88.3 Å². The summed E-state index contributed by atoms with van der Waals surface area (Å²) in [4.78, 5) is 14.3. The maximum Gasteiger partial charge on any atom is 0.340 e. The average Bonchev–Trinajstić information content (AvgIpc) is 2.79. The van der Waals surface area contributed by atoms with E-state index in [0.29, 0.717) is 22.9 Å². The molecule has 0 spiro atoms. The first-order valence-corrected chi connectivity index (χ1v) is 6.34. The minimum absolute atomic E-state index is 0.0733. The lowest BCUT2D eigenvalue weighted by Gasteiger charge is -2.12. The largest absolute Gasteiger partial charge is 0.496 e. The molecular weight excluding hydrogens is 256 g/mol. The molecule has 0 fully saturated rings. The van der Waals surface area contributed by atoms with Gasteiger partial charge in [0.15, 0.2) is 0 Å². The van der Waals surface area contributed by atoms with Crippen molar-refractivity contribution in [3.8, 4) is 17.0 Å². The van der Waals surface area contributed by atoms with Crippen LogP contribution in [0.15, 0.2) is 24.4 Å². The molecule has 0 radical (unpaired) electrons. The van der Waals surface area contributed by atoms with Crippen LogP contribution in [0.1, 0.15) is 35.7 Å². The van der Waals surface area contributed by atoms with Gasteiger partial charge in [-0.25, -0.2) is 4.79 Å². The number of nitrogen functional groups attached to an aromatic ring is 1. The SMILES string of the molecule is COc1ccc(C(C)C)cc1-c1[nH]cc(N)c1C(=O)O. The van der Waals surface area contributed by atoms with Gasteiger partial charge in [0.1, 0.15) is 11.3 Å². The zero-order chi connectivity index (χ0) is 14.9. The van der Waals surface area contributed by atoms with E-state index in [1.165, 1.54) is 6.20 Å². The first-order chi connectivity index (χ1) is 9.45. The van der Waals surface area contributed by atoms with Crippen LogP contribution < -0.4 is 10.5 Å². The second-order valence-electron chi connectivity index (χ2n) is 4.91. The summed E-state index contributed by atoms with van der Waals surface area (Å²) < 4.78 is 5.32. The molecule has 0 atom stereocenters. The molecule has 0 aliphatic rings. The Bertz CT molecular complexity index is 645. The molecular formula is C15H18N2O3. The Morgan fingerprint density at radius 3 is 2.65 bits per heavy atom. The zero-order valence-corrected chi connectivity index (χ0v) is 11.7. The van der Waals surface area contributed by atoms with Crippen LogP contribution in [0.5, 0.6) is 5.75 Å². The number of ether oxygens (including phenoxy) is 1. The number of aromatic carboxylic acids is 1. The molecule has 0 saturated heterocycles. The van der Waals surface area contributed by atoms with E-state index in [1.54, 1.807) is 7.11 Å². The Kier molecular flexibility index (Phi) is 3.70. The number of carbonyl (C=O) groups is 1. The fourth-order valence-corrected chi connectivity index (χ4v) is 2.16. The maximum absolute atomic E-state index is 11.4. The van der Waals surface area contributed by atoms with Gasteiger partial charge in [0.25, 0.3) is 0 Å². The molecule has 106 valence electrons. The Morgan fingerprint density at radius 1 is 1.40 bits per heavy atom. The number of rotatable bonds is 4. The van der Waals surface area contributed by atoms with Crippen molar-refractivity contribution in [2.75, 3.05) is 12.8 Å². The molecule has 0 amide bonds. The van der Waals surface area contributed by atoms with Gasteiger partial charge >= 0.3 is 5.97 Å². The monoisotopic (exact) mass is 274 g/mol. The molecule has 0 aliphatic heterocycles. The first-order valence-electron chi connectivity index (χ1n) is 6.34. The number of hydrogen-bond donors (Lipinski definition) is 3. The molecule has 0 unspecified atom stereocenters. The summed E-state index contributed by atoms with van der Waals surface area (Å²) >= 11 is 0. The molecule has 5 heteroatoms. The van der Waals surface area contributed by atoms with Crippen LogP contribution in [0, 0.1) is 0 Å². The summed E-state index contributed by atoms with van der Waals surface area (Å²) in [5.74, 6) is -0.116. The van der Waals surface area contributed by atoms with Crippen molar-refractivity contribution in [1.82, 2.24) is 4.98 Å². The summed E-state index contributed by atoms with van der Waals surface area (Å²) in [5, 5.41) is 9.30. The van der Waals surface area contributed by atoms with Crippen LogP contribution in [0.3, 0.4) is 0 Å². The standard InChI is InChI=1S/C15H18N2O3/c1-8(2)9-4-5-12(20-3)10(6-9)14-13(15(18)19)11(16)7-17-14/h4-8,17H,16H2,1-3H3,(H,18,19). The van der Waals surface area contributed by atoms with E-state index in [4.69, 9.17) is 10.5 Å². The third-order valence-electron chi connectivity index (χ3n) is 3.28. The Hall–Kier alpha value is -2.43. The third kappa shape index (κ3) is 2.34. The second-order valence-corrected chi connectivity index (χ2v) is 4.91. The van der Waals surface area contributed by atoms with Gasteiger partial charge in [-0.3, -0.25) is 0 Å². The smallest absolute Gasteiger partial charge is 0.340 e. The van der Waals surface area contributed by atoms with Gasteiger partial charge < -0.3 is 20.6 Å². The van der Waals surface area contributed by atoms with Gasteiger partial charge in [-0.05, 0) is 23.6 Å². The molecule has 4 N–H and O–H groups in total. The third-order valence-corrected chi connectivity index (χ3v) is 3.28. The van der Waals surface area contributed by atoms with Crippen LogP contribution in [0.4, 0.5) is 5.69 Å². The molecule has 2 aromatic rings. The lowest BCUT2D eigenvalue weighted by atomic mass is 9.97. The van der Waals surface area contributed by atoms with Crippen molar-refractivity contribution >= 4 is 11.7 Å². The number of aromatic nitrogens is 1. The highest BCUT2D eigenvalue weighted by molar-refractivity contribution is 6.01. The molecule has 1 heterocycles. The van der Waals surface area contributed by atoms with Crippen molar-refractivity contribution in [3.63, 3.8) is 0 Å². The van der Waals surface area contributed by atoms with Gasteiger partial charge in [-0.1, -0.05) is 19.9 Å². The normalized spacial score (nSPS) is 10.8. The first kappa shape index (κ1) is 14.0. The van der Waals surface area contributed by atoms with E-state index in [2.05, 4.69) is 18.8 Å². The highest BCUT2D eigenvalue weighted by Gasteiger charge is 2.20. The summed E-state index contributed by atoms with van der Waals surface area (Å²) in [7, 11) is 1.56. The van der Waals surface area contributed by atoms with E-state index in [1.807, 2.05) is 18.2 Å². The predicted octanol–water partition coefficient (Wildman–Crippen LogP) is 3.09. The minimum Gasteiger partial charge on any atom is -0.496 e. The molecule has 2 rings (SSSR count). The van der Waals surface area contributed by atoms with Gasteiger partial charge in [0.05, 0.1) is 18.5 Å². The molecule has 0 bridgehead atoms. The highest BCUT2D eigenvalue weighted by atomic mass is 16.5. The number of H-pyrrole nitrogens is 1. The number of aromatic amines is 1. The Morgan fingerprint density at radius 2 is 2.10 bits per heavy atom. The van der Waals surface area contributed by atoms with Crippen molar-refractivity contribution in [2.45, 2.75) is 19.8 Å². The van der Waals surface area contributed by atoms with Gasteiger partial charge in [0.2, 0.25) is 0 Å². The van der Waals surface area contributed by atoms with Crippen LogP contribution in [-0.4, -0.2) is 23.2 Å². The van der Waals surface area contributed by atoms with Crippen molar-refractivity contribution in [1.29, 1.82) is 0 Å². The number of methoxy groups -OCH3 is 1. The number of hydrogen-bond acceptors (Lipinski definition) is 3. The molecule has 0 saturated carbocycles. The second kappa shape index (κ2) is 5.28. The minimum atomic E-state index is -1.06.